The van der Waals surface area contributed by atoms with Crippen molar-refractivity contribution in [1.82, 2.24) is 15.2 Å². The molecule has 1 amide bonds. The van der Waals surface area contributed by atoms with Crippen LogP contribution in [0.25, 0.3) is 0 Å². The van der Waals surface area contributed by atoms with Crippen LogP contribution in [0.15, 0.2) is 18.5 Å². The molecule has 2 N–H and O–H groups in total. The predicted molar refractivity (Wildman–Crippen MR) is 60.5 cm³/mol. The van der Waals surface area contributed by atoms with E-state index in [9.17, 15) is 9.18 Å². The second-order valence-corrected chi connectivity index (χ2v) is 3.78. The maximum absolute atomic E-state index is 13.1. The lowest BCUT2D eigenvalue weighted by Gasteiger charge is -2.07. The van der Waals surface area contributed by atoms with Crippen LogP contribution in [0.2, 0.25) is 5.02 Å². The predicted octanol–water partition coefficient (Wildman–Crippen LogP) is 2.16. The van der Waals surface area contributed by atoms with Crippen LogP contribution >= 0.6 is 11.6 Å². The molecule has 88 valence electrons. The van der Waals surface area contributed by atoms with Gasteiger partial charge >= 0.3 is 0 Å². The van der Waals surface area contributed by atoms with E-state index in [-0.39, 0.29) is 10.8 Å². The number of aryl methyl sites for hydroxylation is 1. The lowest BCUT2D eigenvalue weighted by atomic mass is 10.2. The lowest BCUT2D eigenvalue weighted by molar-refractivity contribution is 0.101. The molecule has 0 aliphatic carbocycles. The number of hydrogen-bond donors (Lipinski definition) is 2. The van der Waals surface area contributed by atoms with E-state index in [1.807, 2.05) is 0 Å². The first kappa shape index (κ1) is 11.5. The third-order valence-electron chi connectivity index (χ3n) is 2.13. The summed E-state index contributed by atoms with van der Waals surface area (Å²) in [5.41, 5.74) is 0.717. The molecule has 0 atom stereocenters. The molecule has 0 fully saturated rings. The molecule has 0 aliphatic rings. The van der Waals surface area contributed by atoms with Gasteiger partial charge in [0, 0.05) is 0 Å². The Balaban J connectivity index is 2.25. The third-order valence-corrected chi connectivity index (χ3v) is 2.44. The van der Waals surface area contributed by atoms with Gasteiger partial charge in [-0.05, 0) is 24.6 Å². The van der Waals surface area contributed by atoms with E-state index < -0.39 is 11.7 Å². The molecule has 0 saturated heterocycles. The van der Waals surface area contributed by atoms with E-state index in [1.54, 1.807) is 6.92 Å². The number of halogens is 2. The van der Waals surface area contributed by atoms with Gasteiger partial charge in [0.1, 0.15) is 12.1 Å². The molecule has 0 spiro atoms. The molecule has 2 rings (SSSR count). The van der Waals surface area contributed by atoms with Gasteiger partial charge in [0.25, 0.3) is 5.91 Å². The lowest BCUT2D eigenvalue weighted by Crippen LogP contribution is -2.14. The fourth-order valence-corrected chi connectivity index (χ4v) is 1.45. The molecule has 0 saturated carbocycles. The molecule has 1 aromatic heterocycles. The number of benzene rings is 1. The van der Waals surface area contributed by atoms with E-state index in [0.717, 1.165) is 6.07 Å². The SMILES string of the molecule is Cc1cc(NC(=O)c2ncn[nH]2)c(Cl)cc1F. The van der Waals surface area contributed by atoms with Crippen LogP contribution < -0.4 is 5.32 Å². The fourth-order valence-electron chi connectivity index (χ4n) is 1.25. The minimum atomic E-state index is -0.490. The molecule has 0 radical (unpaired) electrons. The molecule has 2 aromatic rings. The Morgan fingerprint density at radius 2 is 2.29 bits per heavy atom. The minimum absolute atomic E-state index is 0.0584. The molecule has 0 bridgehead atoms. The zero-order valence-electron chi connectivity index (χ0n) is 8.79. The van der Waals surface area contributed by atoms with E-state index in [2.05, 4.69) is 20.5 Å². The van der Waals surface area contributed by atoms with Crippen LogP contribution in [0.1, 0.15) is 16.2 Å². The van der Waals surface area contributed by atoms with Crippen molar-refractivity contribution in [2.45, 2.75) is 6.92 Å². The van der Waals surface area contributed by atoms with Gasteiger partial charge in [-0.25, -0.2) is 9.37 Å². The summed E-state index contributed by atoms with van der Waals surface area (Å²) < 4.78 is 13.1. The molecule has 1 aromatic carbocycles. The van der Waals surface area contributed by atoms with Gasteiger partial charge in [-0.2, -0.15) is 5.10 Å². The largest absolute Gasteiger partial charge is 0.318 e. The van der Waals surface area contributed by atoms with Crippen molar-refractivity contribution in [1.29, 1.82) is 0 Å². The number of nitrogens with one attached hydrogen (secondary N) is 2. The van der Waals surface area contributed by atoms with Gasteiger partial charge in [-0.15, -0.1) is 0 Å². The van der Waals surface area contributed by atoms with Gasteiger partial charge < -0.3 is 5.32 Å². The number of anilines is 1. The summed E-state index contributed by atoms with van der Waals surface area (Å²) in [5.74, 6) is -0.855. The maximum Gasteiger partial charge on any atom is 0.293 e. The first-order valence-electron chi connectivity index (χ1n) is 4.70. The van der Waals surface area contributed by atoms with Crippen molar-refractivity contribution in [3.8, 4) is 0 Å². The smallest absolute Gasteiger partial charge is 0.293 e. The zero-order chi connectivity index (χ0) is 12.4. The quantitative estimate of drug-likeness (QED) is 0.863. The summed E-state index contributed by atoms with van der Waals surface area (Å²) in [7, 11) is 0. The van der Waals surface area contributed by atoms with Crippen molar-refractivity contribution in [2.75, 3.05) is 5.32 Å². The van der Waals surface area contributed by atoms with Gasteiger partial charge in [-0.1, -0.05) is 11.6 Å². The van der Waals surface area contributed by atoms with Gasteiger partial charge in [-0.3, -0.25) is 9.89 Å². The number of aromatic amines is 1. The van der Waals surface area contributed by atoms with Crippen LogP contribution in [0.4, 0.5) is 10.1 Å². The van der Waals surface area contributed by atoms with E-state index in [1.165, 1.54) is 12.4 Å². The van der Waals surface area contributed by atoms with Gasteiger partial charge in [0.2, 0.25) is 5.82 Å². The summed E-state index contributed by atoms with van der Waals surface area (Å²) in [5, 5.41) is 8.60. The van der Waals surface area contributed by atoms with Crippen molar-refractivity contribution in [3.05, 3.63) is 40.7 Å². The Labute approximate surface area is 101 Å². The number of hydrogen-bond acceptors (Lipinski definition) is 3. The van der Waals surface area contributed by atoms with Crippen molar-refractivity contribution < 1.29 is 9.18 Å². The Bertz CT molecular complexity index is 556. The molecule has 0 aliphatic heterocycles. The van der Waals surface area contributed by atoms with Crippen LogP contribution in [-0.2, 0) is 0 Å². The molecular formula is C10H8ClFN4O. The summed E-state index contributed by atoms with van der Waals surface area (Å²) in [6.07, 6.45) is 1.21. The molecule has 7 heteroatoms. The standard InChI is InChI=1S/C10H8ClFN4O/c1-5-2-8(6(11)3-7(5)12)15-10(17)9-13-4-14-16-9/h2-4H,1H3,(H,15,17)(H,13,14,16). The highest BCUT2D eigenvalue weighted by atomic mass is 35.5. The average Bonchev–Trinajstić information content (AvgIpc) is 2.79. The molecule has 0 unspecified atom stereocenters. The number of amides is 1. The van der Waals surface area contributed by atoms with Gasteiger partial charge in [0.05, 0.1) is 10.7 Å². The van der Waals surface area contributed by atoms with Crippen LogP contribution in [0.5, 0.6) is 0 Å². The number of rotatable bonds is 2. The Hall–Kier alpha value is -1.95. The van der Waals surface area contributed by atoms with Crippen LogP contribution in [-0.4, -0.2) is 21.1 Å². The number of carbonyl (C=O) groups is 1. The van der Waals surface area contributed by atoms with Crippen LogP contribution in [0, 0.1) is 12.7 Å². The topological polar surface area (TPSA) is 70.7 Å². The first-order chi connectivity index (χ1) is 8.08. The number of carbonyl (C=O) groups excluding carboxylic acids is 1. The first-order valence-corrected chi connectivity index (χ1v) is 5.08. The maximum atomic E-state index is 13.1. The summed E-state index contributed by atoms with van der Waals surface area (Å²) >= 11 is 5.81. The number of H-pyrrole nitrogens is 1. The van der Waals surface area contributed by atoms with Crippen LogP contribution in [0.3, 0.4) is 0 Å². The summed E-state index contributed by atoms with van der Waals surface area (Å²) in [6, 6.07) is 2.60. The van der Waals surface area contributed by atoms with E-state index in [0.29, 0.717) is 11.3 Å². The zero-order valence-corrected chi connectivity index (χ0v) is 9.55. The second-order valence-electron chi connectivity index (χ2n) is 3.37. The molecule has 1 heterocycles. The second kappa shape index (κ2) is 4.50. The highest BCUT2D eigenvalue weighted by Gasteiger charge is 2.12. The van der Waals surface area contributed by atoms with E-state index in [4.69, 9.17) is 11.6 Å². The Morgan fingerprint density at radius 3 is 2.94 bits per heavy atom. The van der Waals surface area contributed by atoms with E-state index >= 15 is 0 Å². The highest BCUT2D eigenvalue weighted by Crippen LogP contribution is 2.25. The average molecular weight is 255 g/mol. The fraction of sp³-hybridized carbons (Fsp3) is 0.100. The Kier molecular flexibility index (Phi) is 3.06. The normalized spacial score (nSPS) is 10.3. The molecule has 17 heavy (non-hydrogen) atoms. The van der Waals surface area contributed by atoms with Gasteiger partial charge in [0.15, 0.2) is 0 Å². The molecular weight excluding hydrogens is 247 g/mol. The summed E-state index contributed by atoms with van der Waals surface area (Å²) in [6.45, 7) is 1.58. The third kappa shape index (κ3) is 2.42. The molecule has 5 nitrogen and oxygen atoms in total. The highest BCUT2D eigenvalue weighted by molar-refractivity contribution is 6.33. The Morgan fingerprint density at radius 1 is 1.53 bits per heavy atom. The number of aromatic nitrogens is 3. The van der Waals surface area contributed by atoms with Crippen molar-refractivity contribution >= 4 is 23.2 Å². The monoisotopic (exact) mass is 254 g/mol. The summed E-state index contributed by atoms with van der Waals surface area (Å²) in [4.78, 5) is 15.3. The van der Waals surface area contributed by atoms with Crippen molar-refractivity contribution in [2.24, 2.45) is 0 Å². The number of nitrogens with zero attached hydrogens (tertiary/aromatic N) is 2. The van der Waals surface area contributed by atoms with Crippen molar-refractivity contribution in [3.63, 3.8) is 0 Å². The minimum Gasteiger partial charge on any atom is -0.318 e.